The second-order valence-electron chi connectivity index (χ2n) is 3.71. The number of alkyl halides is 3. The van der Waals surface area contributed by atoms with Crippen LogP contribution in [0.3, 0.4) is 0 Å². The van der Waals surface area contributed by atoms with Gasteiger partial charge in [0.2, 0.25) is 0 Å². The number of hydrogen-bond acceptors (Lipinski definition) is 2. The number of aromatic nitrogens is 2. The van der Waals surface area contributed by atoms with Gasteiger partial charge in [-0.15, -0.1) is 0 Å². The molecular weight excluding hydrogens is 289 g/mol. The van der Waals surface area contributed by atoms with Crippen molar-refractivity contribution in [3.63, 3.8) is 0 Å². The minimum absolute atomic E-state index is 0.0122. The Morgan fingerprint density at radius 3 is 2.38 bits per heavy atom. The van der Waals surface area contributed by atoms with E-state index in [0.717, 1.165) is 0 Å². The molecule has 92 valence electrons. The van der Waals surface area contributed by atoms with Gasteiger partial charge in [-0.2, -0.15) is 18.3 Å². The zero-order valence-corrected chi connectivity index (χ0v) is 10.7. The summed E-state index contributed by atoms with van der Waals surface area (Å²) in [5, 5.41) is 5.50. The van der Waals surface area contributed by atoms with Crippen LogP contribution in [0.1, 0.15) is 32.0 Å². The van der Waals surface area contributed by atoms with Crippen LogP contribution >= 0.6 is 15.9 Å². The van der Waals surface area contributed by atoms with Crippen LogP contribution in [0.15, 0.2) is 4.60 Å². The van der Waals surface area contributed by atoms with Gasteiger partial charge in [0.25, 0.3) is 0 Å². The Balaban J connectivity index is 3.27. The van der Waals surface area contributed by atoms with Gasteiger partial charge >= 0.3 is 6.18 Å². The summed E-state index contributed by atoms with van der Waals surface area (Å²) < 4.78 is 43.5. The van der Waals surface area contributed by atoms with Crippen molar-refractivity contribution in [2.75, 3.05) is 6.61 Å². The van der Waals surface area contributed by atoms with Crippen LogP contribution in [0, 0.1) is 0 Å². The van der Waals surface area contributed by atoms with E-state index in [1.165, 1.54) is 0 Å². The van der Waals surface area contributed by atoms with Crippen LogP contribution in [-0.2, 0) is 16.5 Å². The van der Waals surface area contributed by atoms with Gasteiger partial charge in [-0.3, -0.25) is 5.10 Å². The summed E-state index contributed by atoms with van der Waals surface area (Å²) in [6, 6.07) is 0. The number of nitrogens with one attached hydrogen (secondary N) is 1. The van der Waals surface area contributed by atoms with E-state index in [4.69, 9.17) is 4.74 Å². The minimum atomic E-state index is -4.47. The average Bonchev–Trinajstić information content (AvgIpc) is 2.46. The lowest BCUT2D eigenvalue weighted by Crippen LogP contribution is -2.25. The largest absolute Gasteiger partial charge is 0.433 e. The maximum atomic E-state index is 12.7. The predicted molar refractivity (Wildman–Crippen MR) is 55.9 cm³/mol. The molecule has 0 fully saturated rings. The second kappa shape index (κ2) is 4.37. The van der Waals surface area contributed by atoms with Gasteiger partial charge in [0.1, 0.15) is 10.3 Å². The highest BCUT2D eigenvalue weighted by Crippen LogP contribution is 2.40. The molecule has 0 aliphatic rings. The zero-order valence-electron chi connectivity index (χ0n) is 9.07. The number of halogens is 4. The second-order valence-corrected chi connectivity index (χ2v) is 4.46. The molecule has 0 bridgehead atoms. The maximum absolute atomic E-state index is 12.7. The van der Waals surface area contributed by atoms with E-state index in [2.05, 4.69) is 21.0 Å². The first-order chi connectivity index (χ1) is 7.20. The molecule has 1 aromatic rings. The summed E-state index contributed by atoms with van der Waals surface area (Å²) >= 11 is 2.99. The molecule has 0 amide bonds. The molecule has 1 heterocycles. The number of ether oxygens (including phenoxy) is 1. The minimum Gasteiger partial charge on any atom is -0.371 e. The number of rotatable bonds is 3. The van der Waals surface area contributed by atoms with Crippen LogP contribution in [0.4, 0.5) is 13.2 Å². The topological polar surface area (TPSA) is 37.9 Å². The van der Waals surface area contributed by atoms with Crippen molar-refractivity contribution in [1.29, 1.82) is 0 Å². The quantitative estimate of drug-likeness (QED) is 0.928. The van der Waals surface area contributed by atoms with Crippen LogP contribution in [0.25, 0.3) is 0 Å². The van der Waals surface area contributed by atoms with Crippen LogP contribution < -0.4 is 0 Å². The fourth-order valence-electron chi connectivity index (χ4n) is 1.51. The summed E-state index contributed by atoms with van der Waals surface area (Å²) in [5.41, 5.74) is -1.94. The predicted octanol–water partition coefficient (Wildman–Crippen LogP) is 3.46. The van der Waals surface area contributed by atoms with Gasteiger partial charge in [0.15, 0.2) is 0 Å². The third-order valence-corrected chi connectivity index (χ3v) is 2.69. The van der Waals surface area contributed by atoms with Crippen molar-refractivity contribution in [2.45, 2.75) is 32.5 Å². The molecule has 3 nitrogen and oxygen atoms in total. The van der Waals surface area contributed by atoms with Crippen LogP contribution in [0.5, 0.6) is 0 Å². The number of aromatic amines is 1. The standard InChI is InChI=1S/C9H12BrF3N2O/c1-4-16-8(2,3)5-6(9(11,12)13)14-15-7(5)10/h4H2,1-3H3,(H,14,15). The van der Waals surface area contributed by atoms with E-state index in [1.54, 1.807) is 20.8 Å². The molecule has 1 N–H and O–H groups in total. The van der Waals surface area contributed by atoms with Crippen LogP contribution in [-0.4, -0.2) is 16.8 Å². The Bertz CT molecular complexity index is 373. The Kier molecular flexibility index (Phi) is 3.69. The molecule has 1 aromatic heterocycles. The molecule has 0 unspecified atom stereocenters. The molecule has 7 heteroatoms. The first-order valence-corrected chi connectivity index (χ1v) is 5.45. The number of hydrogen-bond donors (Lipinski definition) is 1. The highest BCUT2D eigenvalue weighted by Gasteiger charge is 2.42. The molecule has 0 aliphatic carbocycles. The lowest BCUT2D eigenvalue weighted by atomic mass is 9.98. The Labute approximate surface area is 99.5 Å². The number of H-pyrrole nitrogens is 1. The molecule has 0 aromatic carbocycles. The van der Waals surface area contributed by atoms with Gasteiger partial charge in [0, 0.05) is 12.2 Å². The highest BCUT2D eigenvalue weighted by molar-refractivity contribution is 9.10. The monoisotopic (exact) mass is 300 g/mol. The summed E-state index contributed by atoms with van der Waals surface area (Å²) in [7, 11) is 0. The Hall–Kier alpha value is -0.560. The van der Waals surface area contributed by atoms with Crippen LogP contribution in [0.2, 0.25) is 0 Å². The fourth-order valence-corrected chi connectivity index (χ4v) is 2.27. The smallest absolute Gasteiger partial charge is 0.371 e. The highest BCUT2D eigenvalue weighted by atomic mass is 79.9. The Morgan fingerprint density at radius 2 is 1.94 bits per heavy atom. The SMILES string of the molecule is CCOC(C)(C)c1c(Br)n[nH]c1C(F)(F)F. The molecule has 0 radical (unpaired) electrons. The van der Waals surface area contributed by atoms with Gasteiger partial charge < -0.3 is 4.74 Å². The van der Waals surface area contributed by atoms with Crippen molar-refractivity contribution >= 4 is 15.9 Å². The number of nitrogens with zero attached hydrogens (tertiary/aromatic N) is 1. The summed E-state index contributed by atoms with van der Waals surface area (Å²) in [6.45, 7) is 5.19. The molecule has 0 aliphatic heterocycles. The van der Waals surface area contributed by atoms with Crippen molar-refractivity contribution in [3.8, 4) is 0 Å². The molecular formula is C9H12BrF3N2O. The zero-order chi connectivity index (χ0) is 12.6. The molecule has 0 atom stereocenters. The van der Waals surface area contributed by atoms with E-state index in [-0.39, 0.29) is 10.2 Å². The third kappa shape index (κ3) is 2.57. The molecule has 1 rings (SSSR count). The fraction of sp³-hybridized carbons (Fsp3) is 0.667. The molecule has 0 saturated heterocycles. The third-order valence-electron chi connectivity index (χ3n) is 2.11. The normalized spacial score (nSPS) is 13.2. The van der Waals surface area contributed by atoms with Gasteiger partial charge in [-0.1, -0.05) is 0 Å². The summed E-state index contributed by atoms with van der Waals surface area (Å²) in [5.74, 6) is 0. The first-order valence-electron chi connectivity index (χ1n) is 4.65. The van der Waals surface area contributed by atoms with Gasteiger partial charge in [-0.25, -0.2) is 0 Å². The Morgan fingerprint density at radius 1 is 1.38 bits per heavy atom. The molecule has 0 spiro atoms. The van der Waals surface area contributed by atoms with Crippen molar-refractivity contribution < 1.29 is 17.9 Å². The van der Waals surface area contributed by atoms with Crippen molar-refractivity contribution in [2.24, 2.45) is 0 Å². The van der Waals surface area contributed by atoms with Gasteiger partial charge in [0.05, 0.1) is 5.60 Å². The maximum Gasteiger partial charge on any atom is 0.433 e. The van der Waals surface area contributed by atoms with Gasteiger partial charge in [-0.05, 0) is 36.7 Å². The van der Waals surface area contributed by atoms with Crippen molar-refractivity contribution in [1.82, 2.24) is 10.2 Å². The van der Waals surface area contributed by atoms with E-state index in [9.17, 15) is 13.2 Å². The first kappa shape index (κ1) is 13.5. The van der Waals surface area contributed by atoms with E-state index >= 15 is 0 Å². The lowest BCUT2D eigenvalue weighted by Gasteiger charge is -2.25. The van der Waals surface area contributed by atoms with E-state index < -0.39 is 17.5 Å². The molecule has 0 saturated carbocycles. The summed E-state index contributed by atoms with van der Waals surface area (Å²) in [6.07, 6.45) is -4.47. The van der Waals surface area contributed by atoms with E-state index in [1.807, 2.05) is 5.10 Å². The van der Waals surface area contributed by atoms with Crippen molar-refractivity contribution in [3.05, 3.63) is 15.9 Å². The van der Waals surface area contributed by atoms with E-state index in [0.29, 0.717) is 6.61 Å². The summed E-state index contributed by atoms with van der Waals surface area (Å²) in [4.78, 5) is 0. The average molecular weight is 301 g/mol. The molecule has 16 heavy (non-hydrogen) atoms. The lowest BCUT2D eigenvalue weighted by molar-refractivity contribution is -0.144.